The van der Waals surface area contributed by atoms with E-state index in [1.54, 1.807) is 6.92 Å². The van der Waals surface area contributed by atoms with Gasteiger partial charge in [-0.15, -0.1) is 0 Å². The monoisotopic (exact) mass is 390 g/mol. The summed E-state index contributed by atoms with van der Waals surface area (Å²) < 4.78 is 41.2. The molecule has 3 rings (SSSR count). The molecule has 2 aromatic carbocycles. The zero-order chi connectivity index (χ0) is 19.4. The Hall–Kier alpha value is -2.25. The predicted molar refractivity (Wildman–Crippen MR) is 101 cm³/mol. The highest BCUT2D eigenvalue weighted by molar-refractivity contribution is 7.89. The highest BCUT2D eigenvalue weighted by Gasteiger charge is 2.37. The first-order valence-corrected chi connectivity index (χ1v) is 10.5. The SMILES string of the molecule is CCC(=O)N[C@H]1CN(S(=O)(=O)c2ccccc2F)CC[C@H]1c1ccccc1. The first kappa shape index (κ1) is 19.5. The second kappa shape index (κ2) is 8.19. The van der Waals surface area contributed by atoms with Crippen LogP contribution in [0, 0.1) is 5.82 Å². The van der Waals surface area contributed by atoms with Crippen LogP contribution in [-0.4, -0.2) is 37.8 Å². The number of carbonyl (C=O) groups is 1. The predicted octanol–water partition coefficient (Wildman–Crippen LogP) is 2.90. The number of rotatable bonds is 5. The van der Waals surface area contributed by atoms with Crippen LogP contribution in [-0.2, 0) is 14.8 Å². The quantitative estimate of drug-likeness (QED) is 0.854. The van der Waals surface area contributed by atoms with Gasteiger partial charge in [-0.05, 0) is 24.1 Å². The molecule has 1 heterocycles. The van der Waals surface area contributed by atoms with Crippen LogP contribution in [0.2, 0.25) is 0 Å². The number of nitrogens with one attached hydrogen (secondary N) is 1. The molecule has 144 valence electrons. The van der Waals surface area contributed by atoms with Crippen LogP contribution < -0.4 is 5.32 Å². The van der Waals surface area contributed by atoms with Crippen molar-refractivity contribution in [3.63, 3.8) is 0 Å². The average Bonchev–Trinajstić information content (AvgIpc) is 2.68. The van der Waals surface area contributed by atoms with Gasteiger partial charge in [-0.2, -0.15) is 4.31 Å². The Morgan fingerprint density at radius 2 is 1.81 bits per heavy atom. The molecule has 0 aliphatic carbocycles. The summed E-state index contributed by atoms with van der Waals surface area (Å²) >= 11 is 0. The summed E-state index contributed by atoms with van der Waals surface area (Å²) in [4.78, 5) is 11.7. The second-order valence-electron chi connectivity index (χ2n) is 6.63. The molecule has 0 unspecified atom stereocenters. The van der Waals surface area contributed by atoms with Crippen molar-refractivity contribution in [2.24, 2.45) is 0 Å². The minimum absolute atomic E-state index is 0.00812. The molecule has 2 atom stereocenters. The Morgan fingerprint density at radius 3 is 2.48 bits per heavy atom. The molecule has 0 bridgehead atoms. The molecule has 0 spiro atoms. The Morgan fingerprint density at radius 1 is 1.15 bits per heavy atom. The summed E-state index contributed by atoms with van der Waals surface area (Å²) in [6.45, 7) is 2.14. The van der Waals surface area contributed by atoms with Gasteiger partial charge >= 0.3 is 0 Å². The van der Waals surface area contributed by atoms with E-state index in [0.717, 1.165) is 11.6 Å². The molecule has 1 amide bonds. The lowest BCUT2D eigenvalue weighted by molar-refractivity contribution is -0.121. The molecule has 1 fully saturated rings. The smallest absolute Gasteiger partial charge is 0.246 e. The van der Waals surface area contributed by atoms with Crippen molar-refractivity contribution in [2.45, 2.75) is 36.6 Å². The summed E-state index contributed by atoms with van der Waals surface area (Å²) in [6.07, 6.45) is 0.866. The summed E-state index contributed by atoms with van der Waals surface area (Å²) in [7, 11) is -3.97. The van der Waals surface area contributed by atoms with Crippen molar-refractivity contribution in [3.05, 3.63) is 66.0 Å². The number of hydrogen-bond donors (Lipinski definition) is 1. The van der Waals surface area contributed by atoms with Gasteiger partial charge in [-0.25, -0.2) is 12.8 Å². The fourth-order valence-electron chi connectivity index (χ4n) is 3.49. The molecule has 0 aromatic heterocycles. The Labute approximate surface area is 159 Å². The third kappa shape index (κ3) is 4.20. The van der Waals surface area contributed by atoms with Crippen molar-refractivity contribution >= 4 is 15.9 Å². The fraction of sp³-hybridized carbons (Fsp3) is 0.350. The number of nitrogens with zero attached hydrogens (tertiary/aromatic N) is 1. The summed E-state index contributed by atoms with van der Waals surface area (Å²) in [6, 6.07) is 14.7. The normalized spacial score (nSPS) is 21.0. The number of carbonyl (C=O) groups excluding carboxylic acids is 1. The van der Waals surface area contributed by atoms with Crippen LogP contribution in [0.1, 0.15) is 31.2 Å². The van der Waals surface area contributed by atoms with Gasteiger partial charge in [0.2, 0.25) is 15.9 Å². The Bertz CT molecular complexity index is 902. The largest absolute Gasteiger partial charge is 0.351 e. The molecule has 1 saturated heterocycles. The average molecular weight is 390 g/mol. The molecule has 1 aliphatic heterocycles. The van der Waals surface area contributed by atoms with E-state index in [9.17, 15) is 17.6 Å². The zero-order valence-electron chi connectivity index (χ0n) is 15.1. The number of piperidine rings is 1. The number of hydrogen-bond acceptors (Lipinski definition) is 3. The highest BCUT2D eigenvalue weighted by atomic mass is 32.2. The third-order valence-electron chi connectivity index (χ3n) is 4.93. The molecular weight excluding hydrogens is 367 g/mol. The number of amides is 1. The summed E-state index contributed by atoms with van der Waals surface area (Å²) in [5.74, 6) is -0.892. The van der Waals surface area contributed by atoms with Gasteiger partial charge in [0.25, 0.3) is 0 Å². The van der Waals surface area contributed by atoms with Gasteiger partial charge in [0.1, 0.15) is 10.7 Å². The van der Waals surface area contributed by atoms with E-state index in [-0.39, 0.29) is 35.9 Å². The standard InChI is InChI=1S/C20H23FN2O3S/c1-2-20(24)22-18-14-23(13-12-16(18)15-8-4-3-5-9-15)27(25,26)19-11-7-6-10-17(19)21/h3-11,16,18H,2,12-14H2,1H3,(H,22,24)/t16-,18-/m0/s1. The van der Waals surface area contributed by atoms with Crippen LogP contribution in [0.25, 0.3) is 0 Å². The van der Waals surface area contributed by atoms with Gasteiger partial charge in [-0.3, -0.25) is 4.79 Å². The first-order valence-electron chi connectivity index (χ1n) is 9.02. The molecule has 7 heteroatoms. The van der Waals surface area contributed by atoms with Crippen LogP contribution >= 0.6 is 0 Å². The minimum Gasteiger partial charge on any atom is -0.351 e. The molecular formula is C20H23FN2O3S. The van der Waals surface area contributed by atoms with Gasteiger partial charge in [0.05, 0.1) is 0 Å². The van der Waals surface area contributed by atoms with E-state index in [1.807, 2.05) is 30.3 Å². The number of benzene rings is 2. The van der Waals surface area contributed by atoms with Crippen molar-refractivity contribution in [2.75, 3.05) is 13.1 Å². The molecule has 0 radical (unpaired) electrons. The first-order chi connectivity index (χ1) is 12.9. The van der Waals surface area contributed by atoms with E-state index in [2.05, 4.69) is 5.32 Å². The van der Waals surface area contributed by atoms with Crippen molar-refractivity contribution < 1.29 is 17.6 Å². The molecule has 5 nitrogen and oxygen atoms in total. The van der Waals surface area contributed by atoms with E-state index in [0.29, 0.717) is 12.8 Å². The second-order valence-corrected chi connectivity index (χ2v) is 8.53. The topological polar surface area (TPSA) is 66.5 Å². The maximum Gasteiger partial charge on any atom is 0.246 e. The number of sulfonamides is 1. The minimum atomic E-state index is -3.97. The van der Waals surface area contributed by atoms with Gasteiger partial charge < -0.3 is 5.32 Å². The van der Waals surface area contributed by atoms with Crippen molar-refractivity contribution in [1.29, 1.82) is 0 Å². The lowest BCUT2D eigenvalue weighted by Gasteiger charge is -2.38. The zero-order valence-corrected chi connectivity index (χ0v) is 16.0. The molecule has 1 N–H and O–H groups in total. The fourth-order valence-corrected chi connectivity index (χ4v) is 5.03. The van der Waals surface area contributed by atoms with Gasteiger partial charge in [-0.1, -0.05) is 49.4 Å². The maximum atomic E-state index is 14.1. The van der Waals surface area contributed by atoms with Crippen LogP contribution in [0.3, 0.4) is 0 Å². The van der Waals surface area contributed by atoms with E-state index in [4.69, 9.17) is 0 Å². The molecule has 27 heavy (non-hydrogen) atoms. The molecule has 0 saturated carbocycles. The van der Waals surface area contributed by atoms with Gasteiger partial charge in [0.15, 0.2) is 0 Å². The van der Waals surface area contributed by atoms with E-state index in [1.165, 1.54) is 22.5 Å². The van der Waals surface area contributed by atoms with Crippen LogP contribution in [0.15, 0.2) is 59.5 Å². The Kier molecular flexibility index (Phi) is 5.92. The summed E-state index contributed by atoms with van der Waals surface area (Å²) in [5.41, 5.74) is 1.06. The lowest BCUT2D eigenvalue weighted by atomic mass is 9.86. The molecule has 2 aromatic rings. The highest BCUT2D eigenvalue weighted by Crippen LogP contribution is 2.31. The van der Waals surface area contributed by atoms with Crippen LogP contribution in [0.5, 0.6) is 0 Å². The van der Waals surface area contributed by atoms with E-state index >= 15 is 0 Å². The van der Waals surface area contributed by atoms with Crippen LogP contribution in [0.4, 0.5) is 4.39 Å². The third-order valence-corrected chi connectivity index (χ3v) is 6.82. The van der Waals surface area contributed by atoms with Gasteiger partial charge in [0, 0.05) is 31.5 Å². The van der Waals surface area contributed by atoms with E-state index < -0.39 is 15.8 Å². The molecule has 1 aliphatic rings. The Balaban J connectivity index is 1.89. The summed E-state index contributed by atoms with van der Waals surface area (Å²) in [5, 5.41) is 2.95. The lowest BCUT2D eigenvalue weighted by Crippen LogP contribution is -2.53. The maximum absolute atomic E-state index is 14.1. The van der Waals surface area contributed by atoms with Crippen molar-refractivity contribution in [3.8, 4) is 0 Å². The van der Waals surface area contributed by atoms with Crippen molar-refractivity contribution in [1.82, 2.24) is 9.62 Å². The number of halogens is 1.